The average Bonchev–Trinajstić information content (AvgIpc) is 1.88. The highest BCUT2D eigenvalue weighted by Crippen LogP contribution is 2.08. The van der Waals surface area contributed by atoms with Gasteiger partial charge in [0.15, 0.2) is 0 Å². The molecule has 0 spiro atoms. The number of hydrogen-bond acceptors (Lipinski definition) is 2. The molecule has 10 heavy (non-hydrogen) atoms. The largest absolute Gasteiger partial charge is 0.495 e. The Bertz CT molecular complexity index is 159. The molecule has 0 saturated heterocycles. The smallest absolute Gasteiger partial charge is 0.138 e. The number of methoxy groups -OCH3 is 1. The minimum absolute atomic E-state index is 0.502. The standard InChI is InChI=1S/C8H15NO/c1-5-6(2)8(10-4)7(3)9/h9H,5H2,1-4H3/b8-6+,9-7?. The molecule has 58 valence electrons. The lowest BCUT2D eigenvalue weighted by molar-refractivity contribution is 0.308. The molecule has 0 radical (unpaired) electrons. The van der Waals surface area contributed by atoms with E-state index in [9.17, 15) is 0 Å². The van der Waals surface area contributed by atoms with Crippen LogP contribution in [0.15, 0.2) is 11.3 Å². The Balaban J connectivity index is 4.45. The minimum Gasteiger partial charge on any atom is -0.495 e. The highest BCUT2D eigenvalue weighted by Gasteiger charge is 2.01. The monoisotopic (exact) mass is 141 g/mol. The van der Waals surface area contributed by atoms with Crippen LogP contribution in [0.4, 0.5) is 0 Å². The Morgan fingerprint density at radius 3 is 2.00 bits per heavy atom. The van der Waals surface area contributed by atoms with Crippen LogP contribution in [0.5, 0.6) is 0 Å². The molecular weight excluding hydrogens is 126 g/mol. The van der Waals surface area contributed by atoms with Crippen LogP contribution < -0.4 is 0 Å². The fourth-order valence-corrected chi connectivity index (χ4v) is 0.808. The third-order valence-electron chi connectivity index (χ3n) is 1.46. The number of nitrogens with one attached hydrogen (secondary N) is 1. The lowest BCUT2D eigenvalue weighted by Gasteiger charge is -2.06. The SMILES string of the molecule is CC/C(C)=C(/OC)C(C)=N. The molecule has 2 heteroatoms. The molecule has 0 atom stereocenters. The Morgan fingerprint density at radius 1 is 1.40 bits per heavy atom. The summed E-state index contributed by atoms with van der Waals surface area (Å²) in [5, 5.41) is 7.30. The predicted molar refractivity (Wildman–Crippen MR) is 43.4 cm³/mol. The molecule has 0 unspecified atom stereocenters. The van der Waals surface area contributed by atoms with Crippen molar-refractivity contribution in [2.24, 2.45) is 0 Å². The molecule has 0 bridgehead atoms. The summed E-state index contributed by atoms with van der Waals surface area (Å²) in [6.07, 6.45) is 0.944. The Kier molecular flexibility index (Phi) is 3.77. The first kappa shape index (κ1) is 9.21. The van der Waals surface area contributed by atoms with Crippen LogP contribution >= 0.6 is 0 Å². The molecule has 0 amide bonds. The molecule has 0 rings (SSSR count). The van der Waals surface area contributed by atoms with E-state index in [0.29, 0.717) is 5.71 Å². The van der Waals surface area contributed by atoms with E-state index in [0.717, 1.165) is 17.8 Å². The fourth-order valence-electron chi connectivity index (χ4n) is 0.808. The van der Waals surface area contributed by atoms with E-state index in [4.69, 9.17) is 10.1 Å². The van der Waals surface area contributed by atoms with E-state index in [-0.39, 0.29) is 0 Å². The predicted octanol–water partition coefficient (Wildman–Crippen LogP) is 2.36. The second-order valence-electron chi connectivity index (χ2n) is 2.29. The molecule has 0 saturated carbocycles. The highest BCUT2D eigenvalue weighted by molar-refractivity contribution is 5.94. The second-order valence-corrected chi connectivity index (χ2v) is 2.29. The van der Waals surface area contributed by atoms with Gasteiger partial charge in [-0.15, -0.1) is 0 Å². The van der Waals surface area contributed by atoms with Crippen molar-refractivity contribution in [3.63, 3.8) is 0 Å². The minimum atomic E-state index is 0.502. The summed E-state index contributed by atoms with van der Waals surface area (Å²) in [5.41, 5.74) is 1.64. The zero-order valence-electron chi connectivity index (χ0n) is 7.12. The van der Waals surface area contributed by atoms with Gasteiger partial charge in [-0.25, -0.2) is 0 Å². The lowest BCUT2D eigenvalue weighted by atomic mass is 10.1. The van der Waals surface area contributed by atoms with Gasteiger partial charge in [0.05, 0.1) is 12.8 Å². The van der Waals surface area contributed by atoms with Crippen LogP contribution in [0.3, 0.4) is 0 Å². The fraction of sp³-hybridized carbons (Fsp3) is 0.625. The first-order valence-electron chi connectivity index (χ1n) is 3.42. The molecule has 0 aromatic carbocycles. The van der Waals surface area contributed by atoms with Crippen LogP contribution in [0.2, 0.25) is 0 Å². The van der Waals surface area contributed by atoms with Gasteiger partial charge in [0, 0.05) is 0 Å². The normalized spacial score (nSPS) is 12.4. The van der Waals surface area contributed by atoms with Crippen molar-refractivity contribution >= 4 is 5.71 Å². The quantitative estimate of drug-likeness (QED) is 0.475. The Hall–Kier alpha value is -0.790. The summed E-state index contributed by atoms with van der Waals surface area (Å²) < 4.78 is 5.02. The molecule has 0 aliphatic heterocycles. The van der Waals surface area contributed by atoms with Gasteiger partial charge in [0.2, 0.25) is 0 Å². The van der Waals surface area contributed by atoms with Crippen LogP contribution in [0, 0.1) is 5.41 Å². The van der Waals surface area contributed by atoms with E-state index < -0.39 is 0 Å². The van der Waals surface area contributed by atoms with Crippen molar-refractivity contribution in [3.8, 4) is 0 Å². The van der Waals surface area contributed by atoms with Crippen LogP contribution in [-0.4, -0.2) is 12.8 Å². The maximum absolute atomic E-state index is 7.30. The van der Waals surface area contributed by atoms with E-state index in [1.165, 1.54) is 0 Å². The molecule has 0 aliphatic carbocycles. The summed E-state index contributed by atoms with van der Waals surface area (Å²) >= 11 is 0. The molecular formula is C8H15NO. The van der Waals surface area contributed by atoms with Crippen molar-refractivity contribution in [1.29, 1.82) is 5.41 Å². The topological polar surface area (TPSA) is 33.1 Å². The van der Waals surface area contributed by atoms with Gasteiger partial charge in [-0.1, -0.05) is 6.92 Å². The number of allylic oxidation sites excluding steroid dienone is 2. The van der Waals surface area contributed by atoms with Gasteiger partial charge < -0.3 is 10.1 Å². The van der Waals surface area contributed by atoms with Gasteiger partial charge in [-0.3, -0.25) is 0 Å². The third-order valence-corrected chi connectivity index (χ3v) is 1.46. The van der Waals surface area contributed by atoms with Gasteiger partial charge in [-0.2, -0.15) is 0 Å². The van der Waals surface area contributed by atoms with Gasteiger partial charge >= 0.3 is 0 Å². The van der Waals surface area contributed by atoms with Crippen molar-refractivity contribution in [3.05, 3.63) is 11.3 Å². The summed E-state index contributed by atoms with van der Waals surface area (Å²) in [7, 11) is 1.60. The van der Waals surface area contributed by atoms with Crippen LogP contribution in [0.1, 0.15) is 27.2 Å². The van der Waals surface area contributed by atoms with Crippen molar-refractivity contribution in [1.82, 2.24) is 0 Å². The van der Waals surface area contributed by atoms with Crippen LogP contribution in [0.25, 0.3) is 0 Å². The van der Waals surface area contributed by atoms with Gasteiger partial charge in [0.25, 0.3) is 0 Å². The Morgan fingerprint density at radius 2 is 1.90 bits per heavy atom. The Labute approximate surface area is 62.4 Å². The van der Waals surface area contributed by atoms with Gasteiger partial charge in [-0.05, 0) is 25.8 Å². The van der Waals surface area contributed by atoms with E-state index in [2.05, 4.69) is 6.92 Å². The van der Waals surface area contributed by atoms with Gasteiger partial charge in [0.1, 0.15) is 5.76 Å². The first-order chi connectivity index (χ1) is 4.63. The molecule has 0 heterocycles. The summed E-state index contributed by atoms with van der Waals surface area (Å²) in [4.78, 5) is 0. The zero-order valence-corrected chi connectivity index (χ0v) is 7.12. The second kappa shape index (κ2) is 4.09. The molecule has 0 aromatic rings. The molecule has 0 aromatic heterocycles. The van der Waals surface area contributed by atoms with Crippen molar-refractivity contribution in [2.75, 3.05) is 7.11 Å². The third kappa shape index (κ3) is 2.21. The number of ether oxygens (including phenoxy) is 1. The highest BCUT2D eigenvalue weighted by atomic mass is 16.5. The molecule has 0 aliphatic rings. The van der Waals surface area contributed by atoms with E-state index in [1.54, 1.807) is 14.0 Å². The number of rotatable bonds is 3. The van der Waals surface area contributed by atoms with Crippen molar-refractivity contribution < 1.29 is 4.74 Å². The van der Waals surface area contributed by atoms with Crippen LogP contribution in [-0.2, 0) is 4.74 Å². The van der Waals surface area contributed by atoms with Crippen molar-refractivity contribution in [2.45, 2.75) is 27.2 Å². The lowest BCUT2D eigenvalue weighted by Crippen LogP contribution is -2.00. The summed E-state index contributed by atoms with van der Waals surface area (Å²) in [5.74, 6) is 0.725. The first-order valence-corrected chi connectivity index (χ1v) is 3.42. The number of hydrogen-bond donors (Lipinski definition) is 1. The molecule has 1 N–H and O–H groups in total. The average molecular weight is 141 g/mol. The van der Waals surface area contributed by atoms with E-state index >= 15 is 0 Å². The molecule has 0 fully saturated rings. The maximum atomic E-state index is 7.30. The molecule has 2 nitrogen and oxygen atoms in total. The maximum Gasteiger partial charge on any atom is 0.138 e. The summed E-state index contributed by atoms with van der Waals surface area (Å²) in [6, 6.07) is 0. The zero-order chi connectivity index (χ0) is 8.15. The van der Waals surface area contributed by atoms with E-state index in [1.807, 2.05) is 6.92 Å². The summed E-state index contributed by atoms with van der Waals surface area (Å²) in [6.45, 7) is 5.77.